The Balaban J connectivity index is 1.71. The Labute approximate surface area is 139 Å². The summed E-state index contributed by atoms with van der Waals surface area (Å²) in [5, 5.41) is 5.66. The molecule has 5 nitrogen and oxygen atoms in total. The first-order chi connectivity index (χ1) is 11.0. The Morgan fingerprint density at radius 3 is 2.52 bits per heavy atom. The highest BCUT2D eigenvalue weighted by atomic mass is 35.5. The first-order valence-corrected chi connectivity index (χ1v) is 7.46. The van der Waals surface area contributed by atoms with Crippen LogP contribution in [0, 0.1) is 6.92 Å². The summed E-state index contributed by atoms with van der Waals surface area (Å²) in [5.74, 6) is -0.763. The Kier molecular flexibility index (Phi) is 6.00. The smallest absolute Gasteiger partial charge is 0.313 e. The van der Waals surface area contributed by atoms with Gasteiger partial charge in [0.05, 0.1) is 6.54 Å². The van der Waals surface area contributed by atoms with Crippen LogP contribution in [0.5, 0.6) is 5.75 Å². The molecule has 0 aromatic heterocycles. The third kappa shape index (κ3) is 5.64. The van der Waals surface area contributed by atoms with Gasteiger partial charge in [0.25, 0.3) is 0 Å². The molecule has 0 radical (unpaired) electrons. The molecule has 0 aliphatic carbocycles. The molecule has 0 spiro atoms. The molecule has 0 aliphatic heterocycles. The summed E-state index contributed by atoms with van der Waals surface area (Å²) in [5.41, 5.74) is 1.59. The summed E-state index contributed by atoms with van der Waals surface area (Å²) in [6.07, 6.45) is 0. The van der Waals surface area contributed by atoms with Crippen LogP contribution in [0.1, 0.15) is 5.56 Å². The van der Waals surface area contributed by atoms with E-state index in [1.807, 2.05) is 19.1 Å². The van der Waals surface area contributed by atoms with Gasteiger partial charge in [-0.2, -0.15) is 0 Å². The zero-order valence-corrected chi connectivity index (χ0v) is 13.4. The normalized spacial score (nSPS) is 10.0. The lowest BCUT2D eigenvalue weighted by Crippen LogP contribution is -2.37. The molecule has 0 fully saturated rings. The third-order valence-corrected chi connectivity index (χ3v) is 3.20. The largest absolute Gasteiger partial charge is 0.492 e. The molecule has 2 aromatic carbocycles. The summed E-state index contributed by atoms with van der Waals surface area (Å²) in [6, 6.07) is 14.1. The van der Waals surface area contributed by atoms with Gasteiger partial charge in [0, 0.05) is 10.7 Å². The van der Waals surface area contributed by atoms with Crippen LogP contribution < -0.4 is 15.4 Å². The average Bonchev–Trinajstić information content (AvgIpc) is 2.53. The minimum Gasteiger partial charge on any atom is -0.492 e. The number of nitrogens with one attached hydrogen (secondary N) is 2. The van der Waals surface area contributed by atoms with E-state index in [4.69, 9.17) is 16.3 Å². The minimum absolute atomic E-state index is 0.225. The second-order valence-corrected chi connectivity index (χ2v) is 5.32. The number of aryl methyl sites for hydroxylation is 1. The highest BCUT2D eigenvalue weighted by Gasteiger charge is 2.12. The van der Waals surface area contributed by atoms with Crippen LogP contribution in [0.25, 0.3) is 0 Å². The average molecular weight is 333 g/mol. The molecule has 0 saturated heterocycles. The number of anilines is 1. The molecule has 0 unspecified atom stereocenters. The Morgan fingerprint density at radius 1 is 1.09 bits per heavy atom. The third-order valence-electron chi connectivity index (χ3n) is 2.95. The monoisotopic (exact) mass is 332 g/mol. The van der Waals surface area contributed by atoms with Gasteiger partial charge in [0.1, 0.15) is 12.4 Å². The number of benzene rings is 2. The highest BCUT2D eigenvalue weighted by molar-refractivity contribution is 6.39. The van der Waals surface area contributed by atoms with E-state index in [9.17, 15) is 9.59 Å². The van der Waals surface area contributed by atoms with E-state index in [1.54, 1.807) is 36.4 Å². The number of rotatable bonds is 5. The van der Waals surface area contributed by atoms with Crippen molar-refractivity contribution in [3.8, 4) is 5.75 Å². The van der Waals surface area contributed by atoms with Crippen molar-refractivity contribution in [2.45, 2.75) is 6.92 Å². The van der Waals surface area contributed by atoms with E-state index in [0.717, 1.165) is 5.56 Å². The molecule has 2 amide bonds. The molecule has 2 N–H and O–H groups in total. The Morgan fingerprint density at radius 2 is 1.83 bits per heavy atom. The van der Waals surface area contributed by atoms with Crippen LogP contribution in [-0.2, 0) is 9.59 Å². The van der Waals surface area contributed by atoms with Gasteiger partial charge in [0.15, 0.2) is 0 Å². The number of hydrogen-bond acceptors (Lipinski definition) is 3. The second-order valence-electron chi connectivity index (χ2n) is 4.88. The number of carbonyl (C=O) groups excluding carboxylic acids is 2. The highest BCUT2D eigenvalue weighted by Crippen LogP contribution is 2.15. The summed E-state index contributed by atoms with van der Waals surface area (Å²) < 4.78 is 5.42. The molecule has 23 heavy (non-hydrogen) atoms. The predicted octanol–water partition coefficient (Wildman–Crippen LogP) is 2.78. The van der Waals surface area contributed by atoms with Gasteiger partial charge in [-0.1, -0.05) is 23.7 Å². The van der Waals surface area contributed by atoms with Gasteiger partial charge in [-0.25, -0.2) is 0 Å². The van der Waals surface area contributed by atoms with Crippen molar-refractivity contribution in [3.05, 3.63) is 59.1 Å². The van der Waals surface area contributed by atoms with E-state index >= 15 is 0 Å². The summed E-state index contributed by atoms with van der Waals surface area (Å²) in [4.78, 5) is 23.4. The van der Waals surface area contributed by atoms with Crippen molar-refractivity contribution in [2.24, 2.45) is 0 Å². The molecule has 2 rings (SSSR count). The maximum Gasteiger partial charge on any atom is 0.313 e. The lowest BCUT2D eigenvalue weighted by Gasteiger charge is -2.08. The fraction of sp³-hybridized carbons (Fsp3) is 0.176. The first-order valence-electron chi connectivity index (χ1n) is 7.09. The summed E-state index contributed by atoms with van der Waals surface area (Å²) in [7, 11) is 0. The zero-order chi connectivity index (χ0) is 16.7. The molecule has 0 saturated carbocycles. The van der Waals surface area contributed by atoms with Crippen molar-refractivity contribution in [1.82, 2.24) is 5.32 Å². The predicted molar refractivity (Wildman–Crippen MR) is 89.8 cm³/mol. The molecule has 6 heteroatoms. The van der Waals surface area contributed by atoms with E-state index in [-0.39, 0.29) is 13.2 Å². The Bertz CT molecular complexity index is 686. The lowest BCUT2D eigenvalue weighted by atomic mass is 10.2. The molecule has 2 aromatic rings. The van der Waals surface area contributed by atoms with Gasteiger partial charge in [-0.05, 0) is 48.9 Å². The fourth-order valence-corrected chi connectivity index (χ4v) is 1.98. The topological polar surface area (TPSA) is 67.4 Å². The van der Waals surface area contributed by atoms with Crippen molar-refractivity contribution >= 4 is 29.1 Å². The van der Waals surface area contributed by atoms with Crippen LogP contribution in [0.4, 0.5) is 5.69 Å². The van der Waals surface area contributed by atoms with Crippen molar-refractivity contribution in [3.63, 3.8) is 0 Å². The SMILES string of the molecule is Cc1cccc(NC(=O)C(=O)NCCOc2ccc(Cl)cc2)c1. The summed E-state index contributed by atoms with van der Waals surface area (Å²) >= 11 is 5.77. The van der Waals surface area contributed by atoms with Crippen LogP contribution in [0.2, 0.25) is 5.02 Å². The molecule has 0 aliphatic rings. The maximum atomic E-state index is 11.7. The first kappa shape index (κ1) is 16.8. The van der Waals surface area contributed by atoms with Crippen molar-refractivity contribution < 1.29 is 14.3 Å². The van der Waals surface area contributed by atoms with Gasteiger partial charge >= 0.3 is 11.8 Å². The minimum atomic E-state index is -0.706. The maximum absolute atomic E-state index is 11.7. The molecular weight excluding hydrogens is 316 g/mol. The van der Waals surface area contributed by atoms with E-state index in [2.05, 4.69) is 10.6 Å². The number of ether oxygens (including phenoxy) is 1. The van der Waals surface area contributed by atoms with Crippen molar-refractivity contribution in [1.29, 1.82) is 0 Å². The second kappa shape index (κ2) is 8.19. The fourth-order valence-electron chi connectivity index (χ4n) is 1.86. The van der Waals surface area contributed by atoms with Crippen LogP contribution in [0.15, 0.2) is 48.5 Å². The van der Waals surface area contributed by atoms with Crippen LogP contribution in [0.3, 0.4) is 0 Å². The van der Waals surface area contributed by atoms with E-state index in [0.29, 0.717) is 16.5 Å². The molecule has 0 heterocycles. The van der Waals surface area contributed by atoms with E-state index in [1.165, 1.54) is 0 Å². The van der Waals surface area contributed by atoms with Crippen LogP contribution in [-0.4, -0.2) is 25.0 Å². The lowest BCUT2D eigenvalue weighted by molar-refractivity contribution is -0.136. The molecule has 0 bridgehead atoms. The number of hydrogen-bond donors (Lipinski definition) is 2. The zero-order valence-electron chi connectivity index (χ0n) is 12.6. The van der Waals surface area contributed by atoms with Crippen LogP contribution >= 0.6 is 11.6 Å². The molecule has 120 valence electrons. The van der Waals surface area contributed by atoms with Gasteiger partial charge in [0.2, 0.25) is 0 Å². The Hall–Kier alpha value is -2.53. The number of amides is 2. The summed E-state index contributed by atoms with van der Waals surface area (Å²) in [6.45, 7) is 2.39. The van der Waals surface area contributed by atoms with Gasteiger partial charge < -0.3 is 15.4 Å². The standard InChI is InChI=1S/C17H17ClN2O3/c1-12-3-2-4-14(11-12)20-17(22)16(21)19-9-10-23-15-7-5-13(18)6-8-15/h2-8,11H,9-10H2,1H3,(H,19,21)(H,20,22). The number of halogens is 1. The quantitative estimate of drug-likeness (QED) is 0.653. The van der Waals surface area contributed by atoms with Crippen molar-refractivity contribution in [2.75, 3.05) is 18.5 Å². The van der Waals surface area contributed by atoms with E-state index < -0.39 is 11.8 Å². The molecule has 0 atom stereocenters. The number of carbonyl (C=O) groups is 2. The van der Waals surface area contributed by atoms with Gasteiger partial charge in [-0.3, -0.25) is 9.59 Å². The molecular formula is C17H17ClN2O3. The van der Waals surface area contributed by atoms with Gasteiger partial charge in [-0.15, -0.1) is 0 Å².